The van der Waals surface area contributed by atoms with Crippen LogP contribution in [0.2, 0.25) is 0 Å². The first-order chi connectivity index (χ1) is 11.1. The van der Waals surface area contributed by atoms with Crippen molar-refractivity contribution in [2.75, 3.05) is 52.1 Å². The monoisotopic (exact) mass is 315 g/mol. The number of likely N-dealkylation sites (N-methyl/N-ethyl adjacent to an activating group) is 1. The maximum atomic E-state index is 6.17. The predicted molar refractivity (Wildman–Crippen MR) is 92.1 cm³/mol. The fourth-order valence-electron chi connectivity index (χ4n) is 2.73. The van der Waals surface area contributed by atoms with Gasteiger partial charge >= 0.3 is 0 Å². The number of piperazine rings is 1. The molecular formula is C17H25N5O. The molecule has 0 spiro atoms. The zero-order chi connectivity index (χ0) is 16.2. The number of rotatable bonds is 5. The van der Waals surface area contributed by atoms with E-state index in [1.807, 2.05) is 37.3 Å². The Morgan fingerprint density at radius 1 is 1.13 bits per heavy atom. The minimum Gasteiger partial charge on any atom is -0.475 e. The molecule has 0 bridgehead atoms. The number of ether oxygens (including phenoxy) is 1. The zero-order valence-corrected chi connectivity index (χ0v) is 13.9. The summed E-state index contributed by atoms with van der Waals surface area (Å²) in [5.41, 5.74) is 8.01. The number of nitrogens with two attached hydrogens (primary N) is 1. The highest BCUT2D eigenvalue weighted by atomic mass is 16.5. The maximum Gasteiger partial charge on any atom is 0.238 e. The van der Waals surface area contributed by atoms with Crippen LogP contribution in [0.1, 0.15) is 5.56 Å². The summed E-state index contributed by atoms with van der Waals surface area (Å²) in [6.07, 6.45) is 0. The number of nitrogens with zero attached hydrogens (tertiary/aromatic N) is 4. The van der Waals surface area contributed by atoms with Gasteiger partial charge in [-0.1, -0.05) is 18.2 Å². The third kappa shape index (κ3) is 3.65. The molecule has 23 heavy (non-hydrogen) atoms. The van der Waals surface area contributed by atoms with Crippen LogP contribution in [-0.2, 0) is 0 Å². The molecule has 6 heteroatoms. The topological polar surface area (TPSA) is 59.5 Å². The Hall–Kier alpha value is -2.05. The summed E-state index contributed by atoms with van der Waals surface area (Å²) in [7, 11) is 2.16. The third-order valence-electron chi connectivity index (χ3n) is 4.37. The van der Waals surface area contributed by atoms with Crippen LogP contribution in [-0.4, -0.2) is 66.0 Å². The highest BCUT2D eigenvalue weighted by Crippen LogP contribution is 2.25. The van der Waals surface area contributed by atoms with Gasteiger partial charge in [-0.3, -0.25) is 4.90 Å². The first-order valence-electron chi connectivity index (χ1n) is 8.09. The van der Waals surface area contributed by atoms with E-state index in [2.05, 4.69) is 21.9 Å². The summed E-state index contributed by atoms with van der Waals surface area (Å²) in [6.45, 7) is 7.94. The Morgan fingerprint density at radius 3 is 2.52 bits per heavy atom. The van der Waals surface area contributed by atoms with Crippen molar-refractivity contribution in [2.45, 2.75) is 6.92 Å². The van der Waals surface area contributed by atoms with E-state index >= 15 is 0 Å². The minimum absolute atomic E-state index is 0.625. The van der Waals surface area contributed by atoms with Crippen molar-refractivity contribution in [1.29, 1.82) is 0 Å². The van der Waals surface area contributed by atoms with Gasteiger partial charge in [0.25, 0.3) is 0 Å². The van der Waals surface area contributed by atoms with Crippen molar-refractivity contribution in [3.05, 3.63) is 35.9 Å². The summed E-state index contributed by atoms with van der Waals surface area (Å²) < 4.78 is 7.62. The van der Waals surface area contributed by atoms with Crippen molar-refractivity contribution < 1.29 is 4.74 Å². The van der Waals surface area contributed by atoms with Gasteiger partial charge in [0.05, 0.1) is 11.3 Å². The molecular weight excluding hydrogens is 290 g/mol. The fraction of sp³-hybridized carbons (Fsp3) is 0.471. The number of aromatic nitrogens is 2. The average Bonchev–Trinajstić information content (AvgIpc) is 2.86. The SMILES string of the molecule is Cc1c(OCCN2CCN(C)CC2)nn(-c2ccccc2)c1N. The van der Waals surface area contributed by atoms with E-state index in [4.69, 9.17) is 10.5 Å². The van der Waals surface area contributed by atoms with Crippen LogP contribution >= 0.6 is 0 Å². The molecule has 124 valence electrons. The second-order valence-electron chi connectivity index (χ2n) is 6.06. The molecule has 2 N–H and O–H groups in total. The van der Waals surface area contributed by atoms with Gasteiger partial charge in [0.2, 0.25) is 5.88 Å². The molecule has 1 aliphatic heterocycles. The summed E-state index contributed by atoms with van der Waals surface area (Å²) >= 11 is 0. The van der Waals surface area contributed by atoms with Crippen molar-refractivity contribution in [3.63, 3.8) is 0 Å². The van der Waals surface area contributed by atoms with Gasteiger partial charge in [0, 0.05) is 32.7 Å². The lowest BCUT2D eigenvalue weighted by Gasteiger charge is -2.32. The molecule has 1 aliphatic rings. The van der Waals surface area contributed by atoms with Gasteiger partial charge in [0.1, 0.15) is 12.4 Å². The Labute approximate surface area is 137 Å². The van der Waals surface area contributed by atoms with E-state index in [0.29, 0.717) is 18.3 Å². The highest BCUT2D eigenvalue weighted by Gasteiger charge is 2.16. The predicted octanol–water partition coefficient (Wildman–Crippen LogP) is 1.39. The van der Waals surface area contributed by atoms with Crippen molar-refractivity contribution >= 4 is 5.82 Å². The largest absolute Gasteiger partial charge is 0.475 e. The number of benzene rings is 1. The van der Waals surface area contributed by atoms with Gasteiger partial charge in [-0.2, -0.15) is 0 Å². The molecule has 3 rings (SSSR count). The number of para-hydroxylation sites is 1. The molecule has 0 unspecified atom stereocenters. The summed E-state index contributed by atoms with van der Waals surface area (Å²) in [6, 6.07) is 9.89. The summed E-state index contributed by atoms with van der Waals surface area (Å²) in [5, 5.41) is 4.52. The number of hydrogen-bond acceptors (Lipinski definition) is 5. The van der Waals surface area contributed by atoms with Gasteiger partial charge in [-0.25, -0.2) is 4.68 Å². The van der Waals surface area contributed by atoms with Crippen LogP contribution < -0.4 is 10.5 Å². The molecule has 1 fully saturated rings. The maximum absolute atomic E-state index is 6.17. The van der Waals surface area contributed by atoms with Crippen LogP contribution in [0, 0.1) is 6.92 Å². The lowest BCUT2D eigenvalue weighted by Crippen LogP contribution is -2.45. The second kappa shape index (κ2) is 7.02. The van der Waals surface area contributed by atoms with E-state index in [1.54, 1.807) is 4.68 Å². The summed E-state index contributed by atoms with van der Waals surface area (Å²) in [4.78, 5) is 4.77. The molecule has 1 saturated heterocycles. The van der Waals surface area contributed by atoms with Crippen molar-refractivity contribution in [3.8, 4) is 11.6 Å². The lowest BCUT2D eigenvalue weighted by molar-refractivity contribution is 0.132. The molecule has 0 aliphatic carbocycles. The van der Waals surface area contributed by atoms with Crippen LogP contribution in [0.3, 0.4) is 0 Å². The van der Waals surface area contributed by atoms with Crippen molar-refractivity contribution in [1.82, 2.24) is 19.6 Å². The fourth-order valence-corrected chi connectivity index (χ4v) is 2.73. The second-order valence-corrected chi connectivity index (χ2v) is 6.06. The Morgan fingerprint density at radius 2 is 1.83 bits per heavy atom. The molecule has 1 aromatic carbocycles. The highest BCUT2D eigenvalue weighted by molar-refractivity contribution is 5.51. The van der Waals surface area contributed by atoms with E-state index < -0.39 is 0 Å². The van der Waals surface area contributed by atoms with E-state index in [0.717, 1.165) is 44.0 Å². The molecule has 2 heterocycles. The van der Waals surface area contributed by atoms with Crippen LogP contribution in [0.4, 0.5) is 5.82 Å². The van der Waals surface area contributed by atoms with E-state index in [1.165, 1.54) is 0 Å². The molecule has 1 aromatic heterocycles. The number of hydrogen-bond donors (Lipinski definition) is 1. The van der Waals surface area contributed by atoms with E-state index in [-0.39, 0.29) is 0 Å². The molecule has 2 aromatic rings. The molecule has 0 saturated carbocycles. The van der Waals surface area contributed by atoms with Crippen LogP contribution in [0.15, 0.2) is 30.3 Å². The first-order valence-corrected chi connectivity index (χ1v) is 8.09. The average molecular weight is 315 g/mol. The molecule has 0 atom stereocenters. The third-order valence-corrected chi connectivity index (χ3v) is 4.37. The molecule has 0 radical (unpaired) electrons. The van der Waals surface area contributed by atoms with Crippen LogP contribution in [0.25, 0.3) is 5.69 Å². The number of nitrogen functional groups attached to an aromatic ring is 1. The Bertz CT molecular complexity index is 632. The minimum atomic E-state index is 0.625. The smallest absolute Gasteiger partial charge is 0.238 e. The van der Waals surface area contributed by atoms with Gasteiger partial charge < -0.3 is 15.4 Å². The van der Waals surface area contributed by atoms with Gasteiger partial charge in [-0.05, 0) is 26.1 Å². The quantitative estimate of drug-likeness (QED) is 0.903. The lowest BCUT2D eigenvalue weighted by atomic mass is 10.3. The van der Waals surface area contributed by atoms with Crippen molar-refractivity contribution in [2.24, 2.45) is 0 Å². The van der Waals surface area contributed by atoms with E-state index in [9.17, 15) is 0 Å². The van der Waals surface area contributed by atoms with Gasteiger partial charge in [0.15, 0.2) is 0 Å². The Kier molecular flexibility index (Phi) is 4.83. The summed E-state index contributed by atoms with van der Waals surface area (Å²) in [5.74, 6) is 1.26. The normalized spacial score (nSPS) is 16.6. The zero-order valence-electron chi connectivity index (χ0n) is 13.9. The van der Waals surface area contributed by atoms with Gasteiger partial charge in [-0.15, -0.1) is 5.10 Å². The van der Waals surface area contributed by atoms with Crippen LogP contribution in [0.5, 0.6) is 5.88 Å². The Balaban J connectivity index is 1.60. The molecule has 0 amide bonds. The molecule has 6 nitrogen and oxygen atoms in total. The number of anilines is 1. The standard InChI is InChI=1S/C17H25N5O/c1-14-16(18)22(15-6-4-3-5-7-15)19-17(14)23-13-12-21-10-8-20(2)9-11-21/h3-7H,8-13,18H2,1-2H3. The first kappa shape index (κ1) is 15.8.